The van der Waals surface area contributed by atoms with Crippen molar-refractivity contribution in [3.05, 3.63) is 11.7 Å². The Labute approximate surface area is 138 Å². The molecule has 3 rings (SSSR count). The van der Waals surface area contributed by atoms with E-state index in [0.717, 1.165) is 13.0 Å². The quantitative estimate of drug-likeness (QED) is 0.919. The van der Waals surface area contributed by atoms with Crippen LogP contribution in [0.5, 0.6) is 0 Å². The molecule has 0 bridgehead atoms. The Balaban J connectivity index is 1.47. The van der Waals surface area contributed by atoms with Crippen LogP contribution in [0.25, 0.3) is 0 Å². The Hall–Kier alpha value is -1.43. The van der Waals surface area contributed by atoms with Crippen LogP contribution < -0.4 is 5.32 Å². The van der Waals surface area contributed by atoms with Crippen LogP contribution in [0.15, 0.2) is 4.52 Å². The third-order valence-electron chi connectivity index (χ3n) is 4.91. The van der Waals surface area contributed by atoms with Crippen molar-refractivity contribution in [2.24, 2.45) is 0 Å². The lowest BCUT2D eigenvalue weighted by Gasteiger charge is -2.32. The van der Waals surface area contributed by atoms with Crippen molar-refractivity contribution in [2.45, 2.75) is 76.8 Å². The zero-order valence-electron chi connectivity index (χ0n) is 14.5. The number of amides is 1. The van der Waals surface area contributed by atoms with E-state index in [1.54, 1.807) is 0 Å². The highest BCUT2D eigenvalue weighted by atomic mass is 16.5. The number of rotatable bonds is 4. The first-order valence-electron chi connectivity index (χ1n) is 8.80. The normalized spacial score (nSPS) is 25.3. The van der Waals surface area contributed by atoms with Crippen LogP contribution in [-0.4, -0.2) is 46.1 Å². The summed E-state index contributed by atoms with van der Waals surface area (Å²) >= 11 is 0. The highest BCUT2D eigenvalue weighted by Crippen LogP contribution is 2.27. The summed E-state index contributed by atoms with van der Waals surface area (Å²) in [5, 5.41) is 7.21. The summed E-state index contributed by atoms with van der Waals surface area (Å²) in [4.78, 5) is 19.1. The van der Waals surface area contributed by atoms with Crippen LogP contribution in [0, 0.1) is 0 Å². The van der Waals surface area contributed by atoms with Crippen LogP contribution in [0.4, 0.5) is 0 Å². The minimum Gasteiger partial charge on any atom is -0.352 e. The van der Waals surface area contributed by atoms with Crippen LogP contribution in [0.3, 0.4) is 0 Å². The third kappa shape index (κ3) is 3.91. The molecule has 2 saturated heterocycles. The van der Waals surface area contributed by atoms with Gasteiger partial charge in [0.15, 0.2) is 5.82 Å². The highest BCUT2D eigenvalue weighted by molar-refractivity contribution is 5.76. The van der Waals surface area contributed by atoms with Crippen molar-refractivity contribution in [3.8, 4) is 0 Å². The van der Waals surface area contributed by atoms with Crippen molar-refractivity contribution < 1.29 is 9.32 Å². The summed E-state index contributed by atoms with van der Waals surface area (Å²) in [6.07, 6.45) is 5.79. The molecule has 2 atom stereocenters. The second-order valence-corrected chi connectivity index (χ2v) is 7.82. The molecule has 1 aromatic rings. The number of hydrogen-bond acceptors (Lipinski definition) is 5. The maximum atomic E-state index is 12.2. The predicted molar refractivity (Wildman–Crippen MR) is 87.1 cm³/mol. The highest BCUT2D eigenvalue weighted by Gasteiger charge is 2.36. The first-order chi connectivity index (χ1) is 10.9. The standard InChI is InChI=1S/C17H28N4O2/c1-17(2,3)16-19-15(23-20-16)8-7-14(22)18-12-9-11-21-10-5-4-6-13(12)21/h12-13H,4-11H2,1-3H3,(H,18,22)/t12-,13+/m0/s1. The van der Waals surface area contributed by atoms with E-state index >= 15 is 0 Å². The lowest BCUT2D eigenvalue weighted by Crippen LogP contribution is -2.46. The fourth-order valence-electron chi connectivity index (χ4n) is 3.58. The molecule has 2 aliphatic heterocycles. The number of piperidine rings is 1. The van der Waals surface area contributed by atoms with E-state index in [9.17, 15) is 4.79 Å². The molecule has 3 heterocycles. The summed E-state index contributed by atoms with van der Waals surface area (Å²) in [5.41, 5.74) is -0.127. The van der Waals surface area contributed by atoms with Crippen molar-refractivity contribution in [1.29, 1.82) is 0 Å². The van der Waals surface area contributed by atoms with Crippen molar-refractivity contribution in [3.63, 3.8) is 0 Å². The number of nitrogens with one attached hydrogen (secondary N) is 1. The lowest BCUT2D eigenvalue weighted by atomic mass is 9.96. The van der Waals surface area contributed by atoms with Crippen LogP contribution in [0.1, 0.15) is 64.6 Å². The third-order valence-corrected chi connectivity index (χ3v) is 4.91. The van der Waals surface area contributed by atoms with Gasteiger partial charge in [-0.3, -0.25) is 9.69 Å². The molecule has 128 valence electrons. The van der Waals surface area contributed by atoms with Gasteiger partial charge in [0.2, 0.25) is 11.8 Å². The van der Waals surface area contributed by atoms with Gasteiger partial charge in [0.05, 0.1) is 0 Å². The Bertz CT molecular complexity index is 549. The Morgan fingerprint density at radius 3 is 2.87 bits per heavy atom. The molecule has 0 radical (unpaired) electrons. The van der Waals surface area contributed by atoms with Gasteiger partial charge in [0.1, 0.15) is 0 Å². The molecule has 23 heavy (non-hydrogen) atoms. The second kappa shape index (κ2) is 6.59. The Kier molecular flexibility index (Phi) is 4.71. The average Bonchev–Trinajstić information content (AvgIpc) is 3.12. The molecular formula is C17H28N4O2. The maximum Gasteiger partial charge on any atom is 0.227 e. The number of aromatic nitrogens is 2. The zero-order valence-corrected chi connectivity index (χ0v) is 14.5. The van der Waals surface area contributed by atoms with Gasteiger partial charge in [0, 0.05) is 36.9 Å². The van der Waals surface area contributed by atoms with Gasteiger partial charge in [-0.1, -0.05) is 32.3 Å². The summed E-state index contributed by atoms with van der Waals surface area (Å²) in [6, 6.07) is 0.860. The number of nitrogens with zero attached hydrogens (tertiary/aromatic N) is 3. The molecule has 0 aromatic carbocycles. The van der Waals surface area contributed by atoms with Crippen molar-refractivity contribution in [2.75, 3.05) is 13.1 Å². The van der Waals surface area contributed by atoms with E-state index in [-0.39, 0.29) is 11.3 Å². The van der Waals surface area contributed by atoms with Crippen LogP contribution >= 0.6 is 0 Å². The van der Waals surface area contributed by atoms with Gasteiger partial charge in [-0.25, -0.2) is 0 Å². The Morgan fingerprint density at radius 1 is 1.30 bits per heavy atom. The molecule has 2 fully saturated rings. The summed E-state index contributed by atoms with van der Waals surface area (Å²) < 4.78 is 5.25. The van der Waals surface area contributed by atoms with Crippen molar-refractivity contribution >= 4 is 5.91 Å². The van der Waals surface area contributed by atoms with Gasteiger partial charge < -0.3 is 9.84 Å². The lowest BCUT2D eigenvalue weighted by molar-refractivity contribution is -0.122. The van der Waals surface area contributed by atoms with Crippen LogP contribution in [0.2, 0.25) is 0 Å². The summed E-state index contributed by atoms with van der Waals surface area (Å²) in [6.45, 7) is 8.45. The van der Waals surface area contributed by atoms with E-state index < -0.39 is 0 Å². The smallest absolute Gasteiger partial charge is 0.227 e. The molecule has 1 amide bonds. The number of aryl methyl sites for hydroxylation is 1. The molecular weight excluding hydrogens is 292 g/mol. The van der Waals surface area contributed by atoms with E-state index in [1.165, 1.54) is 25.8 Å². The molecule has 2 aliphatic rings. The molecule has 0 aliphatic carbocycles. The molecule has 1 N–H and O–H groups in total. The minimum absolute atomic E-state index is 0.0953. The largest absolute Gasteiger partial charge is 0.352 e. The van der Waals surface area contributed by atoms with E-state index in [1.807, 2.05) is 20.8 Å². The predicted octanol–water partition coefficient (Wildman–Crippen LogP) is 2.04. The summed E-state index contributed by atoms with van der Waals surface area (Å²) in [7, 11) is 0. The first kappa shape index (κ1) is 16.4. The van der Waals surface area contributed by atoms with Gasteiger partial charge in [-0.2, -0.15) is 4.98 Å². The topological polar surface area (TPSA) is 71.3 Å². The van der Waals surface area contributed by atoms with Gasteiger partial charge in [-0.15, -0.1) is 0 Å². The molecule has 1 aromatic heterocycles. The fraction of sp³-hybridized carbons (Fsp3) is 0.824. The average molecular weight is 320 g/mol. The minimum atomic E-state index is -0.127. The van der Waals surface area contributed by atoms with Gasteiger partial charge in [0.25, 0.3) is 0 Å². The first-order valence-corrected chi connectivity index (χ1v) is 8.80. The zero-order chi connectivity index (χ0) is 16.4. The van der Waals surface area contributed by atoms with E-state index in [2.05, 4.69) is 20.4 Å². The number of hydrogen-bond donors (Lipinski definition) is 1. The molecule has 6 heteroatoms. The summed E-state index contributed by atoms with van der Waals surface area (Å²) in [5.74, 6) is 1.34. The Morgan fingerprint density at radius 2 is 2.13 bits per heavy atom. The molecule has 6 nitrogen and oxygen atoms in total. The number of fused-ring (bicyclic) bond motifs is 1. The van der Waals surface area contributed by atoms with E-state index in [4.69, 9.17) is 4.52 Å². The van der Waals surface area contributed by atoms with Crippen molar-refractivity contribution in [1.82, 2.24) is 20.4 Å². The second-order valence-electron chi connectivity index (χ2n) is 7.82. The maximum absolute atomic E-state index is 12.2. The SMILES string of the molecule is CC(C)(C)c1noc(CCC(=O)N[C@H]2CCN3CCCC[C@H]23)n1. The molecule has 0 unspecified atom stereocenters. The molecule has 0 spiro atoms. The van der Waals surface area contributed by atoms with Gasteiger partial charge >= 0.3 is 0 Å². The van der Waals surface area contributed by atoms with Gasteiger partial charge in [-0.05, 0) is 25.8 Å². The number of carbonyl (C=O) groups is 1. The number of carbonyl (C=O) groups excluding carboxylic acids is 1. The molecule has 0 saturated carbocycles. The fourth-order valence-corrected chi connectivity index (χ4v) is 3.58. The van der Waals surface area contributed by atoms with E-state index in [0.29, 0.717) is 36.6 Å². The monoisotopic (exact) mass is 320 g/mol. The van der Waals surface area contributed by atoms with Crippen LogP contribution in [-0.2, 0) is 16.6 Å².